The first-order valence-corrected chi connectivity index (χ1v) is 9.08. The van der Waals surface area contributed by atoms with E-state index in [-0.39, 0.29) is 24.7 Å². The van der Waals surface area contributed by atoms with Gasteiger partial charge in [-0.05, 0) is 19.1 Å². The number of carbonyl (C=O) groups is 2. The molecule has 150 valence electrons. The number of esters is 1. The highest BCUT2D eigenvalue weighted by Crippen LogP contribution is 2.23. The number of benzene rings is 1. The number of aliphatic hydroxyl groups is 1. The maximum Gasteiger partial charge on any atom is 0.376 e. The monoisotopic (exact) mass is 395 g/mol. The molecule has 1 saturated heterocycles. The molecule has 2 aromatic rings. The Bertz CT molecular complexity index is 1010. The third kappa shape index (κ3) is 4.36. The van der Waals surface area contributed by atoms with Gasteiger partial charge in [-0.3, -0.25) is 4.79 Å². The van der Waals surface area contributed by atoms with Crippen LogP contribution in [0.2, 0.25) is 0 Å². The highest BCUT2D eigenvalue weighted by molar-refractivity contribution is 5.90. The van der Waals surface area contributed by atoms with Crippen molar-refractivity contribution in [3.8, 4) is 29.0 Å². The smallest absolute Gasteiger partial charge is 0.376 e. The van der Waals surface area contributed by atoms with Crippen LogP contribution in [-0.4, -0.2) is 64.8 Å². The van der Waals surface area contributed by atoms with Gasteiger partial charge in [0.1, 0.15) is 0 Å². The summed E-state index contributed by atoms with van der Waals surface area (Å²) in [6.07, 6.45) is 0.265. The summed E-state index contributed by atoms with van der Waals surface area (Å²) in [5.74, 6) is 4.62. The Balaban J connectivity index is 1.94. The SMILES string of the molecule is CCOC(=O)c1nc(OC)cc(-c2cccc(C#C[C@]3(O)CCN(C)C3=O)c2)n1. The van der Waals surface area contributed by atoms with Crippen molar-refractivity contribution in [2.45, 2.75) is 18.9 Å². The molecule has 1 atom stereocenters. The maximum absolute atomic E-state index is 12.1. The number of nitrogens with zero attached hydrogens (tertiary/aromatic N) is 3. The molecule has 1 aromatic carbocycles. The minimum atomic E-state index is -1.67. The predicted molar refractivity (Wildman–Crippen MR) is 104 cm³/mol. The fourth-order valence-corrected chi connectivity index (χ4v) is 2.87. The minimum absolute atomic E-state index is 0.105. The summed E-state index contributed by atoms with van der Waals surface area (Å²) in [5, 5.41) is 10.4. The zero-order valence-electron chi connectivity index (χ0n) is 16.4. The van der Waals surface area contributed by atoms with Gasteiger partial charge in [-0.2, -0.15) is 4.98 Å². The van der Waals surface area contributed by atoms with Gasteiger partial charge in [-0.25, -0.2) is 9.78 Å². The molecule has 1 aliphatic heterocycles. The van der Waals surface area contributed by atoms with Gasteiger partial charge < -0.3 is 19.5 Å². The van der Waals surface area contributed by atoms with Crippen LogP contribution in [0.15, 0.2) is 30.3 Å². The molecular formula is C21H21N3O5. The van der Waals surface area contributed by atoms with Crippen LogP contribution in [0, 0.1) is 11.8 Å². The number of amides is 1. The number of ether oxygens (including phenoxy) is 2. The van der Waals surface area contributed by atoms with Crippen molar-refractivity contribution in [3.05, 3.63) is 41.7 Å². The van der Waals surface area contributed by atoms with Gasteiger partial charge in [0.2, 0.25) is 17.3 Å². The van der Waals surface area contributed by atoms with Crippen molar-refractivity contribution in [3.63, 3.8) is 0 Å². The van der Waals surface area contributed by atoms with Crippen LogP contribution in [0.25, 0.3) is 11.3 Å². The third-order valence-electron chi connectivity index (χ3n) is 4.45. The van der Waals surface area contributed by atoms with Gasteiger partial charge in [0.25, 0.3) is 5.91 Å². The highest BCUT2D eigenvalue weighted by atomic mass is 16.5. The number of hydrogen-bond acceptors (Lipinski definition) is 7. The highest BCUT2D eigenvalue weighted by Gasteiger charge is 2.42. The van der Waals surface area contributed by atoms with E-state index < -0.39 is 17.5 Å². The van der Waals surface area contributed by atoms with Gasteiger partial charge in [0, 0.05) is 37.2 Å². The van der Waals surface area contributed by atoms with Crippen molar-refractivity contribution in [2.24, 2.45) is 0 Å². The average Bonchev–Trinajstić information content (AvgIpc) is 3.00. The van der Waals surface area contributed by atoms with Crippen molar-refractivity contribution in [1.29, 1.82) is 0 Å². The Morgan fingerprint density at radius 1 is 1.34 bits per heavy atom. The number of likely N-dealkylation sites (tertiary alicyclic amines) is 1. The molecular weight excluding hydrogens is 374 g/mol. The molecule has 29 heavy (non-hydrogen) atoms. The van der Waals surface area contributed by atoms with Crippen molar-refractivity contribution in [1.82, 2.24) is 14.9 Å². The largest absolute Gasteiger partial charge is 0.481 e. The number of methoxy groups -OCH3 is 1. The first-order chi connectivity index (χ1) is 13.9. The molecule has 3 rings (SSSR count). The molecule has 1 amide bonds. The van der Waals surface area contributed by atoms with Crippen LogP contribution in [0.1, 0.15) is 29.5 Å². The van der Waals surface area contributed by atoms with Crippen molar-refractivity contribution < 1.29 is 24.2 Å². The Labute approximate surface area is 168 Å². The average molecular weight is 395 g/mol. The lowest BCUT2D eigenvalue weighted by molar-refractivity contribution is -0.137. The summed E-state index contributed by atoms with van der Waals surface area (Å²) >= 11 is 0. The summed E-state index contributed by atoms with van der Waals surface area (Å²) in [6, 6.07) is 8.66. The normalized spacial score (nSPS) is 18.2. The Morgan fingerprint density at radius 2 is 2.14 bits per heavy atom. The number of aromatic nitrogens is 2. The maximum atomic E-state index is 12.1. The molecule has 0 bridgehead atoms. The summed E-state index contributed by atoms with van der Waals surface area (Å²) in [5.41, 5.74) is 0.0531. The Morgan fingerprint density at radius 3 is 2.79 bits per heavy atom. The van der Waals surface area contributed by atoms with E-state index in [0.29, 0.717) is 23.4 Å². The lowest BCUT2D eigenvalue weighted by Gasteiger charge is -2.13. The Hall–Kier alpha value is -3.44. The standard InChI is InChI=1S/C21H21N3O5/c1-4-29-19(25)18-22-16(13-17(23-18)28-3)15-7-5-6-14(12-15)8-9-21(27)10-11-24(2)20(21)26/h5-7,12-13,27H,4,10-11H2,1-3H3/t21-/m0/s1. The molecule has 0 radical (unpaired) electrons. The van der Waals surface area contributed by atoms with Gasteiger partial charge in [-0.15, -0.1) is 0 Å². The van der Waals surface area contributed by atoms with Gasteiger partial charge in [0.05, 0.1) is 19.4 Å². The van der Waals surface area contributed by atoms with E-state index in [4.69, 9.17) is 9.47 Å². The number of likely N-dealkylation sites (N-methyl/N-ethyl adjacent to an activating group) is 1. The van der Waals surface area contributed by atoms with E-state index in [1.807, 2.05) is 0 Å². The molecule has 1 fully saturated rings. The van der Waals surface area contributed by atoms with Crippen molar-refractivity contribution >= 4 is 11.9 Å². The summed E-state index contributed by atoms with van der Waals surface area (Å²) in [7, 11) is 3.07. The minimum Gasteiger partial charge on any atom is -0.481 e. The van der Waals surface area contributed by atoms with Crippen molar-refractivity contribution in [2.75, 3.05) is 27.3 Å². The first-order valence-electron chi connectivity index (χ1n) is 9.08. The molecule has 8 nitrogen and oxygen atoms in total. The van der Waals surface area contributed by atoms with E-state index in [1.165, 1.54) is 12.0 Å². The summed E-state index contributed by atoms with van der Waals surface area (Å²) < 4.78 is 10.1. The first kappa shape index (κ1) is 20.3. The van der Waals surface area contributed by atoms with E-state index >= 15 is 0 Å². The molecule has 0 unspecified atom stereocenters. The predicted octanol–water partition coefficient (Wildman–Crippen LogP) is 1.27. The fraction of sp³-hybridized carbons (Fsp3) is 0.333. The second-order valence-corrected chi connectivity index (χ2v) is 6.51. The second kappa shape index (κ2) is 8.29. The van der Waals surface area contributed by atoms with Crippen LogP contribution >= 0.6 is 0 Å². The fourth-order valence-electron chi connectivity index (χ4n) is 2.87. The quantitative estimate of drug-likeness (QED) is 0.614. The van der Waals surface area contributed by atoms with E-state index in [0.717, 1.165) is 0 Å². The second-order valence-electron chi connectivity index (χ2n) is 6.51. The molecule has 0 aliphatic carbocycles. The zero-order chi connectivity index (χ0) is 21.0. The zero-order valence-corrected chi connectivity index (χ0v) is 16.4. The van der Waals surface area contributed by atoms with Crippen LogP contribution in [-0.2, 0) is 9.53 Å². The molecule has 1 aromatic heterocycles. The van der Waals surface area contributed by atoms with E-state index in [9.17, 15) is 14.7 Å². The Kier molecular flexibility index (Phi) is 5.80. The number of rotatable bonds is 4. The van der Waals surface area contributed by atoms with Crippen LogP contribution in [0.5, 0.6) is 5.88 Å². The lowest BCUT2D eigenvalue weighted by Crippen LogP contribution is -2.37. The van der Waals surface area contributed by atoms with Gasteiger partial charge in [0.15, 0.2) is 0 Å². The molecule has 0 spiro atoms. The number of carbonyl (C=O) groups excluding carboxylic acids is 2. The van der Waals surface area contributed by atoms with E-state index in [1.54, 1.807) is 44.3 Å². The molecule has 1 aliphatic rings. The molecule has 0 saturated carbocycles. The molecule has 8 heteroatoms. The lowest BCUT2D eigenvalue weighted by atomic mass is 10.0. The van der Waals surface area contributed by atoms with Gasteiger partial charge in [-0.1, -0.05) is 24.0 Å². The van der Waals surface area contributed by atoms with Gasteiger partial charge >= 0.3 is 5.97 Å². The summed E-state index contributed by atoms with van der Waals surface area (Å²) in [4.78, 5) is 33.8. The van der Waals surface area contributed by atoms with Crippen LogP contribution in [0.4, 0.5) is 0 Å². The molecule has 2 heterocycles. The third-order valence-corrected chi connectivity index (χ3v) is 4.45. The summed E-state index contributed by atoms with van der Waals surface area (Å²) in [6.45, 7) is 2.36. The molecule has 1 N–H and O–H groups in total. The van der Waals surface area contributed by atoms with E-state index in [2.05, 4.69) is 21.8 Å². The van der Waals surface area contributed by atoms with Crippen LogP contribution in [0.3, 0.4) is 0 Å². The topological polar surface area (TPSA) is 102 Å². The number of hydrogen-bond donors (Lipinski definition) is 1. The van der Waals surface area contributed by atoms with Crippen LogP contribution < -0.4 is 4.74 Å².